The molecule has 5 heteroatoms. The van der Waals surface area contributed by atoms with E-state index in [0.717, 1.165) is 22.6 Å². The van der Waals surface area contributed by atoms with Crippen LogP contribution in [0.4, 0.5) is 5.69 Å². The third-order valence-corrected chi connectivity index (χ3v) is 3.59. The summed E-state index contributed by atoms with van der Waals surface area (Å²) in [5.74, 6) is 0.722. The summed E-state index contributed by atoms with van der Waals surface area (Å²) in [7, 11) is 0. The molecule has 0 fully saturated rings. The number of anilines is 1. The van der Waals surface area contributed by atoms with Crippen molar-refractivity contribution in [2.45, 2.75) is 13.5 Å². The van der Waals surface area contributed by atoms with E-state index in [2.05, 4.69) is 16.4 Å². The number of hydrogen-bond acceptors (Lipinski definition) is 3. The Morgan fingerprint density at radius 3 is 2.75 bits per heavy atom. The average Bonchev–Trinajstić information content (AvgIpc) is 3.03. The highest BCUT2D eigenvalue weighted by atomic mass is 16.1. The molecule has 2 aromatic carbocycles. The van der Waals surface area contributed by atoms with Gasteiger partial charge in [-0.05, 0) is 29.8 Å². The summed E-state index contributed by atoms with van der Waals surface area (Å²) in [4.78, 5) is 15.7. The second kappa shape index (κ2) is 6.80. The minimum Gasteiger partial charge on any atom is -0.327 e. The van der Waals surface area contributed by atoms with E-state index in [0.29, 0.717) is 12.1 Å². The van der Waals surface area contributed by atoms with Gasteiger partial charge in [0.2, 0.25) is 5.91 Å². The maximum atomic E-state index is 11.2. The van der Waals surface area contributed by atoms with Gasteiger partial charge in [0.15, 0.2) is 0 Å². The van der Waals surface area contributed by atoms with Crippen LogP contribution in [-0.4, -0.2) is 15.5 Å². The molecule has 0 saturated carbocycles. The Hall–Kier alpha value is -3.39. The van der Waals surface area contributed by atoms with Crippen LogP contribution in [-0.2, 0) is 11.3 Å². The summed E-state index contributed by atoms with van der Waals surface area (Å²) in [6.45, 7) is 2.14. The van der Waals surface area contributed by atoms with E-state index in [-0.39, 0.29) is 5.91 Å². The zero-order chi connectivity index (χ0) is 16.9. The lowest BCUT2D eigenvalue weighted by molar-refractivity contribution is -0.114. The molecule has 0 aliphatic rings. The number of amides is 1. The summed E-state index contributed by atoms with van der Waals surface area (Å²) in [5.41, 5.74) is 3.41. The lowest BCUT2D eigenvalue weighted by atomic mass is 10.1. The van der Waals surface area contributed by atoms with Gasteiger partial charge in [0, 0.05) is 37.1 Å². The second-order valence-corrected chi connectivity index (χ2v) is 5.45. The van der Waals surface area contributed by atoms with Gasteiger partial charge in [0.1, 0.15) is 5.82 Å². The van der Waals surface area contributed by atoms with Crippen molar-refractivity contribution in [1.29, 1.82) is 5.26 Å². The summed E-state index contributed by atoms with van der Waals surface area (Å²) in [6, 6.07) is 17.2. The molecule has 0 radical (unpaired) electrons. The lowest BCUT2D eigenvalue weighted by Crippen LogP contribution is -2.06. The molecule has 0 saturated heterocycles. The first-order chi connectivity index (χ1) is 11.7. The van der Waals surface area contributed by atoms with Gasteiger partial charge in [-0.15, -0.1) is 0 Å². The predicted molar refractivity (Wildman–Crippen MR) is 92.2 cm³/mol. The quantitative estimate of drug-likeness (QED) is 0.801. The maximum absolute atomic E-state index is 11.2. The molecule has 1 heterocycles. The van der Waals surface area contributed by atoms with Crippen molar-refractivity contribution in [3.05, 3.63) is 72.1 Å². The SMILES string of the molecule is CC(=O)Nc1cccc(-c2nccn2Cc2ccc(C#N)cc2)c1. The molecule has 118 valence electrons. The number of carbonyl (C=O) groups excluding carboxylic acids is 1. The minimum atomic E-state index is -0.104. The van der Waals surface area contributed by atoms with Crippen LogP contribution >= 0.6 is 0 Å². The first-order valence-electron chi connectivity index (χ1n) is 7.54. The number of nitrogens with zero attached hydrogens (tertiary/aromatic N) is 3. The fraction of sp³-hybridized carbons (Fsp3) is 0.105. The van der Waals surface area contributed by atoms with Gasteiger partial charge in [-0.1, -0.05) is 24.3 Å². The molecule has 1 aromatic heterocycles. The third-order valence-electron chi connectivity index (χ3n) is 3.59. The fourth-order valence-electron chi connectivity index (χ4n) is 2.52. The number of imidazole rings is 1. The summed E-state index contributed by atoms with van der Waals surface area (Å²) >= 11 is 0. The van der Waals surface area contributed by atoms with E-state index in [1.165, 1.54) is 6.92 Å². The summed E-state index contributed by atoms with van der Waals surface area (Å²) < 4.78 is 2.04. The molecule has 24 heavy (non-hydrogen) atoms. The Morgan fingerprint density at radius 1 is 1.25 bits per heavy atom. The largest absolute Gasteiger partial charge is 0.327 e. The number of hydrogen-bond donors (Lipinski definition) is 1. The van der Waals surface area contributed by atoms with Gasteiger partial charge >= 0.3 is 0 Å². The topological polar surface area (TPSA) is 70.7 Å². The Balaban J connectivity index is 1.87. The zero-order valence-electron chi connectivity index (χ0n) is 13.2. The average molecular weight is 316 g/mol. The first-order valence-corrected chi connectivity index (χ1v) is 7.54. The Bertz CT molecular complexity index is 904. The molecule has 0 bridgehead atoms. The van der Waals surface area contributed by atoms with E-state index >= 15 is 0 Å². The van der Waals surface area contributed by atoms with Gasteiger partial charge < -0.3 is 9.88 Å². The van der Waals surface area contributed by atoms with Crippen molar-refractivity contribution in [3.8, 4) is 17.5 Å². The van der Waals surface area contributed by atoms with Crippen LogP contribution in [0.3, 0.4) is 0 Å². The molecule has 0 unspecified atom stereocenters. The smallest absolute Gasteiger partial charge is 0.221 e. The molecule has 1 N–H and O–H groups in total. The Kier molecular flexibility index (Phi) is 4.39. The molecule has 1 amide bonds. The van der Waals surface area contributed by atoms with Gasteiger partial charge in [-0.25, -0.2) is 4.98 Å². The monoisotopic (exact) mass is 316 g/mol. The van der Waals surface area contributed by atoms with E-state index in [1.807, 2.05) is 59.3 Å². The van der Waals surface area contributed by atoms with E-state index in [1.54, 1.807) is 6.20 Å². The van der Waals surface area contributed by atoms with Crippen LogP contribution in [0.5, 0.6) is 0 Å². The van der Waals surface area contributed by atoms with Crippen molar-refractivity contribution >= 4 is 11.6 Å². The predicted octanol–water partition coefficient (Wildman–Crippen LogP) is 3.43. The molecule has 3 rings (SSSR count). The maximum Gasteiger partial charge on any atom is 0.221 e. The standard InChI is InChI=1S/C19H16N4O/c1-14(24)22-18-4-2-3-17(11-18)19-21-9-10-23(19)13-16-7-5-15(12-20)6-8-16/h2-11H,13H2,1H3,(H,22,24). The van der Waals surface area contributed by atoms with Crippen LogP contribution in [0.2, 0.25) is 0 Å². The van der Waals surface area contributed by atoms with Crippen LogP contribution in [0, 0.1) is 11.3 Å². The van der Waals surface area contributed by atoms with Crippen molar-refractivity contribution in [2.75, 3.05) is 5.32 Å². The van der Waals surface area contributed by atoms with Gasteiger partial charge in [0.25, 0.3) is 0 Å². The van der Waals surface area contributed by atoms with E-state index in [4.69, 9.17) is 5.26 Å². The molecular weight excluding hydrogens is 300 g/mol. The first kappa shape index (κ1) is 15.5. The number of aromatic nitrogens is 2. The number of carbonyl (C=O) groups is 1. The van der Waals surface area contributed by atoms with Gasteiger partial charge in [-0.3, -0.25) is 4.79 Å². The van der Waals surface area contributed by atoms with E-state index in [9.17, 15) is 4.79 Å². The Labute approximate surface area is 140 Å². The molecule has 3 aromatic rings. The lowest BCUT2D eigenvalue weighted by Gasteiger charge is -2.10. The molecule has 0 spiro atoms. The van der Waals surface area contributed by atoms with Crippen LogP contribution < -0.4 is 5.32 Å². The normalized spacial score (nSPS) is 10.2. The van der Waals surface area contributed by atoms with Gasteiger partial charge in [-0.2, -0.15) is 5.26 Å². The molecule has 0 aliphatic heterocycles. The van der Waals surface area contributed by atoms with E-state index < -0.39 is 0 Å². The fourth-order valence-corrected chi connectivity index (χ4v) is 2.52. The number of nitriles is 1. The molecule has 0 aliphatic carbocycles. The number of benzene rings is 2. The summed E-state index contributed by atoms with van der Waals surface area (Å²) in [5, 5.41) is 11.7. The number of nitrogens with one attached hydrogen (secondary N) is 1. The highest BCUT2D eigenvalue weighted by Crippen LogP contribution is 2.22. The van der Waals surface area contributed by atoms with Crippen molar-refractivity contribution < 1.29 is 4.79 Å². The highest BCUT2D eigenvalue weighted by Gasteiger charge is 2.08. The van der Waals surface area contributed by atoms with Crippen LogP contribution in [0.25, 0.3) is 11.4 Å². The van der Waals surface area contributed by atoms with Crippen LogP contribution in [0.1, 0.15) is 18.1 Å². The molecular formula is C19H16N4O. The van der Waals surface area contributed by atoms with Crippen molar-refractivity contribution in [1.82, 2.24) is 9.55 Å². The zero-order valence-corrected chi connectivity index (χ0v) is 13.2. The van der Waals surface area contributed by atoms with Gasteiger partial charge in [0.05, 0.1) is 11.6 Å². The minimum absolute atomic E-state index is 0.104. The Morgan fingerprint density at radius 2 is 2.04 bits per heavy atom. The highest BCUT2D eigenvalue weighted by molar-refractivity contribution is 5.89. The van der Waals surface area contributed by atoms with Crippen LogP contribution in [0.15, 0.2) is 60.9 Å². The molecule has 5 nitrogen and oxygen atoms in total. The summed E-state index contributed by atoms with van der Waals surface area (Å²) in [6.07, 6.45) is 3.67. The second-order valence-electron chi connectivity index (χ2n) is 5.45. The molecule has 0 atom stereocenters. The van der Waals surface area contributed by atoms with Crippen molar-refractivity contribution in [3.63, 3.8) is 0 Å². The third kappa shape index (κ3) is 3.50. The number of rotatable bonds is 4. The van der Waals surface area contributed by atoms with Crippen molar-refractivity contribution in [2.24, 2.45) is 0 Å².